The fourth-order valence-corrected chi connectivity index (χ4v) is 5.49. The van der Waals surface area contributed by atoms with E-state index in [2.05, 4.69) is 4.72 Å². The van der Waals surface area contributed by atoms with E-state index in [1.807, 2.05) is 0 Å². The molecule has 36 heavy (non-hydrogen) atoms. The highest BCUT2D eigenvalue weighted by atomic mass is 32.2. The smallest absolute Gasteiger partial charge is 0.240 e. The van der Waals surface area contributed by atoms with Crippen molar-refractivity contribution < 1.29 is 35.9 Å². The summed E-state index contributed by atoms with van der Waals surface area (Å²) in [6.07, 6.45) is 1.19. The molecule has 1 unspecified atom stereocenters. The van der Waals surface area contributed by atoms with Crippen molar-refractivity contribution in [1.82, 2.24) is 9.62 Å². The van der Waals surface area contributed by atoms with Crippen molar-refractivity contribution in [3.63, 3.8) is 0 Å². The lowest BCUT2D eigenvalue weighted by Crippen LogP contribution is -2.44. The molecule has 0 spiro atoms. The van der Waals surface area contributed by atoms with E-state index in [1.165, 1.54) is 18.2 Å². The van der Waals surface area contributed by atoms with Crippen molar-refractivity contribution in [3.8, 4) is 11.5 Å². The number of carbonyl (C=O) groups is 1. The van der Waals surface area contributed by atoms with Gasteiger partial charge in [-0.15, -0.1) is 0 Å². The summed E-state index contributed by atoms with van der Waals surface area (Å²) in [5, 5.41) is 0. The Morgan fingerprint density at radius 3 is 2.42 bits per heavy atom. The first-order chi connectivity index (χ1) is 17.1. The van der Waals surface area contributed by atoms with E-state index in [0.717, 1.165) is 6.07 Å². The van der Waals surface area contributed by atoms with E-state index >= 15 is 0 Å². The summed E-state index contributed by atoms with van der Waals surface area (Å²) in [7, 11) is -3.83. The van der Waals surface area contributed by atoms with Crippen LogP contribution in [0.1, 0.15) is 24.8 Å². The van der Waals surface area contributed by atoms with Gasteiger partial charge in [-0.3, -0.25) is 4.79 Å². The maximum Gasteiger partial charge on any atom is 0.240 e. The van der Waals surface area contributed by atoms with E-state index < -0.39 is 33.5 Å². The van der Waals surface area contributed by atoms with Gasteiger partial charge in [-0.2, -0.15) is 0 Å². The maximum atomic E-state index is 13.9. The number of amides is 1. The van der Waals surface area contributed by atoms with Crippen LogP contribution in [0.5, 0.6) is 11.5 Å². The Hall–Kier alpha value is -2.83. The van der Waals surface area contributed by atoms with Crippen molar-refractivity contribution in [2.24, 2.45) is 11.7 Å². The second-order valence-electron chi connectivity index (χ2n) is 8.90. The molecule has 2 aliphatic rings. The summed E-state index contributed by atoms with van der Waals surface area (Å²) in [6, 6.07) is 5.20. The molecule has 2 aliphatic heterocycles. The van der Waals surface area contributed by atoms with Gasteiger partial charge in [0.15, 0.2) is 23.1 Å². The lowest BCUT2D eigenvalue weighted by Gasteiger charge is -2.35. The number of nitrogens with two attached hydrogens (primary N) is 1. The van der Waals surface area contributed by atoms with Gasteiger partial charge in [0.25, 0.3) is 0 Å². The number of fused-ring (bicyclic) bond motifs is 1. The highest BCUT2D eigenvalue weighted by molar-refractivity contribution is 7.89. The monoisotopic (exact) mass is 527 g/mol. The van der Waals surface area contributed by atoms with Crippen LogP contribution in [-0.4, -0.2) is 58.1 Å². The largest absolute Gasteiger partial charge is 0.486 e. The number of benzene rings is 2. The number of hydrogen-bond donors (Lipinski definition) is 2. The van der Waals surface area contributed by atoms with Crippen LogP contribution in [0.3, 0.4) is 0 Å². The molecule has 2 aromatic carbocycles. The molecule has 3 N–H and O–H groups in total. The fourth-order valence-electron chi connectivity index (χ4n) is 4.44. The van der Waals surface area contributed by atoms with Gasteiger partial charge in [0.2, 0.25) is 15.9 Å². The van der Waals surface area contributed by atoms with Crippen LogP contribution < -0.4 is 19.9 Å². The minimum Gasteiger partial charge on any atom is -0.486 e. The number of piperidine rings is 1. The third-order valence-corrected chi connectivity index (χ3v) is 7.96. The van der Waals surface area contributed by atoms with Crippen LogP contribution in [0.4, 0.5) is 13.2 Å². The van der Waals surface area contributed by atoms with Crippen LogP contribution >= 0.6 is 0 Å². The molecule has 0 aliphatic carbocycles. The SMILES string of the molecule is NC(Cc1cc(F)c(F)cc1F)C1CCN(C(=O)CCNS(=O)(=O)c2ccc3c(c2)OCCO3)CC1. The average Bonchev–Trinajstić information content (AvgIpc) is 2.86. The molecule has 196 valence electrons. The molecule has 8 nitrogen and oxygen atoms in total. The third kappa shape index (κ3) is 6.11. The van der Waals surface area contributed by atoms with Crippen LogP contribution in [0.2, 0.25) is 0 Å². The van der Waals surface area contributed by atoms with Crippen molar-refractivity contribution in [2.45, 2.75) is 36.6 Å². The first-order valence-electron chi connectivity index (χ1n) is 11.7. The molecule has 0 radical (unpaired) electrons. The summed E-state index contributed by atoms with van der Waals surface area (Å²) < 4.78 is 79.0. The van der Waals surface area contributed by atoms with Gasteiger partial charge in [-0.25, -0.2) is 26.3 Å². The molecule has 1 fully saturated rings. The van der Waals surface area contributed by atoms with E-state index in [9.17, 15) is 26.4 Å². The summed E-state index contributed by atoms with van der Waals surface area (Å²) in [5.74, 6) is -2.58. The van der Waals surface area contributed by atoms with Crippen LogP contribution in [0, 0.1) is 23.4 Å². The lowest BCUT2D eigenvalue weighted by molar-refractivity contribution is -0.132. The molecule has 2 heterocycles. The van der Waals surface area contributed by atoms with Gasteiger partial charge >= 0.3 is 0 Å². The summed E-state index contributed by atoms with van der Waals surface area (Å²) in [4.78, 5) is 14.2. The first kappa shape index (κ1) is 26.2. The Morgan fingerprint density at radius 1 is 1.03 bits per heavy atom. The van der Waals surface area contributed by atoms with Crippen LogP contribution in [-0.2, 0) is 21.2 Å². The zero-order valence-corrected chi connectivity index (χ0v) is 20.3. The highest BCUT2D eigenvalue weighted by Crippen LogP contribution is 2.32. The van der Waals surface area contributed by atoms with Gasteiger partial charge in [0.05, 0.1) is 4.90 Å². The lowest BCUT2D eigenvalue weighted by atomic mass is 9.86. The number of hydrogen-bond acceptors (Lipinski definition) is 6. The molecule has 1 amide bonds. The standard InChI is InChI=1S/C24H28F3N3O5S/c25-18-14-20(27)19(26)11-16(18)12-21(28)15-4-7-30(8-5-15)24(31)3-6-29-36(32,33)17-1-2-22-23(13-17)35-10-9-34-22/h1-2,11,13-15,21,29H,3-10,12,28H2. The van der Waals surface area contributed by atoms with E-state index in [1.54, 1.807) is 4.90 Å². The molecule has 0 bridgehead atoms. The quantitative estimate of drug-likeness (QED) is 0.510. The number of rotatable bonds is 8. The Bertz CT molecular complexity index is 1220. The normalized spacial score (nSPS) is 17.2. The zero-order chi connectivity index (χ0) is 25.9. The Kier molecular flexibility index (Phi) is 8.06. The predicted molar refractivity (Wildman–Crippen MR) is 125 cm³/mol. The first-order valence-corrected chi connectivity index (χ1v) is 13.2. The molecule has 0 saturated carbocycles. The van der Waals surface area contributed by atoms with Crippen molar-refractivity contribution in [2.75, 3.05) is 32.8 Å². The fraction of sp³-hybridized carbons (Fsp3) is 0.458. The minimum atomic E-state index is -3.83. The Balaban J connectivity index is 1.23. The number of halogens is 3. The number of sulfonamides is 1. The number of nitrogens with one attached hydrogen (secondary N) is 1. The molecular weight excluding hydrogens is 499 g/mol. The second-order valence-corrected chi connectivity index (χ2v) is 10.7. The van der Waals surface area contributed by atoms with Gasteiger partial charge < -0.3 is 20.1 Å². The molecule has 0 aromatic heterocycles. The topological polar surface area (TPSA) is 111 Å². The van der Waals surface area contributed by atoms with Crippen molar-refractivity contribution in [1.29, 1.82) is 0 Å². The number of ether oxygens (including phenoxy) is 2. The van der Waals surface area contributed by atoms with Crippen molar-refractivity contribution in [3.05, 3.63) is 53.3 Å². The highest BCUT2D eigenvalue weighted by Gasteiger charge is 2.28. The number of likely N-dealkylation sites (tertiary alicyclic amines) is 1. The summed E-state index contributed by atoms with van der Waals surface area (Å²) in [5.41, 5.74) is 6.22. The van der Waals surface area contributed by atoms with Gasteiger partial charge in [-0.1, -0.05) is 0 Å². The number of nitrogens with zero attached hydrogens (tertiary/aromatic N) is 1. The minimum absolute atomic E-state index is 0.0133. The van der Waals surface area contributed by atoms with Gasteiger partial charge in [0, 0.05) is 44.2 Å². The molecule has 2 aromatic rings. The zero-order valence-electron chi connectivity index (χ0n) is 19.5. The second kappa shape index (κ2) is 11.1. The van der Waals surface area contributed by atoms with E-state index in [-0.39, 0.29) is 41.7 Å². The average molecular weight is 528 g/mol. The Morgan fingerprint density at radius 2 is 1.69 bits per heavy atom. The predicted octanol–water partition coefficient (Wildman–Crippen LogP) is 2.35. The van der Waals surface area contributed by atoms with Crippen LogP contribution in [0.15, 0.2) is 35.2 Å². The molecule has 4 rings (SSSR count). The van der Waals surface area contributed by atoms with Gasteiger partial charge in [-0.05, 0) is 48.9 Å². The maximum absolute atomic E-state index is 13.9. The summed E-state index contributed by atoms with van der Waals surface area (Å²) >= 11 is 0. The molecule has 12 heteroatoms. The van der Waals surface area contributed by atoms with Crippen LogP contribution in [0.25, 0.3) is 0 Å². The van der Waals surface area contributed by atoms with Gasteiger partial charge in [0.1, 0.15) is 19.0 Å². The van der Waals surface area contributed by atoms with E-state index in [4.69, 9.17) is 15.2 Å². The number of carbonyl (C=O) groups excluding carboxylic acids is 1. The molecule has 1 atom stereocenters. The Labute approximate surface area is 207 Å². The molecular formula is C24H28F3N3O5S. The van der Waals surface area contributed by atoms with E-state index in [0.29, 0.717) is 56.7 Å². The third-order valence-electron chi connectivity index (χ3n) is 6.50. The van der Waals surface area contributed by atoms with Crippen molar-refractivity contribution >= 4 is 15.9 Å². The molecule has 1 saturated heterocycles. The summed E-state index contributed by atoms with van der Waals surface area (Å²) in [6.45, 7) is 1.51.